The predicted octanol–water partition coefficient (Wildman–Crippen LogP) is 8.62. The molecule has 0 fully saturated rings. The van der Waals surface area contributed by atoms with Crippen LogP contribution in [0.1, 0.15) is 5.56 Å². The van der Waals surface area contributed by atoms with Crippen LogP contribution in [0, 0.1) is 6.92 Å². The summed E-state index contributed by atoms with van der Waals surface area (Å²) in [4.78, 5) is 0. The molecule has 35 heavy (non-hydrogen) atoms. The number of nitrogens with zero attached hydrogens (tertiary/aromatic N) is 2. The Balaban J connectivity index is 1.40. The van der Waals surface area contributed by atoms with Crippen molar-refractivity contribution in [1.82, 2.24) is 9.13 Å². The van der Waals surface area contributed by atoms with Crippen LogP contribution in [-0.2, 0) is 14.1 Å². The molecule has 0 amide bonds. The zero-order valence-corrected chi connectivity index (χ0v) is 20.2. The number of rotatable bonds is 2. The Hall–Kier alpha value is -4.30. The van der Waals surface area contributed by atoms with Crippen molar-refractivity contribution in [3.8, 4) is 22.3 Å². The number of hydrogen-bond donors (Lipinski definition) is 0. The molecule has 0 atom stereocenters. The molecule has 0 spiro atoms. The summed E-state index contributed by atoms with van der Waals surface area (Å²) in [7, 11) is 4.31. The molecule has 5 aromatic carbocycles. The molecule has 168 valence electrons. The lowest BCUT2D eigenvalue weighted by molar-refractivity contribution is 1.01. The van der Waals surface area contributed by atoms with Gasteiger partial charge >= 0.3 is 0 Å². The average Bonchev–Trinajstić information content (AvgIpc) is 3.35. The fourth-order valence-corrected chi connectivity index (χ4v) is 5.80. The summed E-state index contributed by atoms with van der Waals surface area (Å²) in [5.74, 6) is 0. The first kappa shape index (κ1) is 20.1. The lowest BCUT2D eigenvalue weighted by Crippen LogP contribution is -1.89. The van der Waals surface area contributed by atoms with Gasteiger partial charge in [0.2, 0.25) is 0 Å². The Bertz CT molecular complexity index is 1930. The van der Waals surface area contributed by atoms with Crippen molar-refractivity contribution in [2.45, 2.75) is 6.92 Å². The normalized spacial score (nSPS) is 11.9. The summed E-state index contributed by atoms with van der Waals surface area (Å²) in [5.41, 5.74) is 11.4. The van der Waals surface area contributed by atoms with Crippen molar-refractivity contribution in [2.75, 3.05) is 0 Å². The van der Waals surface area contributed by atoms with Crippen LogP contribution in [0.2, 0.25) is 0 Å². The number of para-hydroxylation sites is 2. The zero-order valence-electron chi connectivity index (χ0n) is 20.2. The number of fused-ring (bicyclic) bond motifs is 6. The molecule has 2 aromatic heterocycles. The molecular weight excluding hydrogens is 424 g/mol. The molecule has 0 aliphatic rings. The monoisotopic (exact) mass is 450 g/mol. The predicted molar refractivity (Wildman–Crippen MR) is 150 cm³/mol. The molecule has 0 bridgehead atoms. The maximum absolute atomic E-state index is 2.35. The number of aryl methyl sites for hydroxylation is 3. The minimum Gasteiger partial charge on any atom is -0.344 e. The van der Waals surface area contributed by atoms with Gasteiger partial charge in [0.1, 0.15) is 0 Å². The fraction of sp³-hybridized carbons (Fsp3) is 0.0909. The second kappa shape index (κ2) is 7.35. The molecule has 0 radical (unpaired) electrons. The van der Waals surface area contributed by atoms with Gasteiger partial charge in [-0.1, -0.05) is 66.7 Å². The van der Waals surface area contributed by atoms with E-state index in [0.717, 1.165) is 0 Å². The minimum atomic E-state index is 1.25. The summed E-state index contributed by atoms with van der Waals surface area (Å²) in [6, 6.07) is 38.0. The van der Waals surface area contributed by atoms with Crippen molar-refractivity contribution in [3.63, 3.8) is 0 Å². The molecule has 0 saturated heterocycles. The minimum absolute atomic E-state index is 1.25. The number of hydrogen-bond acceptors (Lipinski definition) is 0. The van der Waals surface area contributed by atoms with Gasteiger partial charge in [-0.15, -0.1) is 0 Å². The summed E-state index contributed by atoms with van der Waals surface area (Å²) in [5, 5.41) is 5.23. The van der Waals surface area contributed by atoms with Crippen LogP contribution in [0.25, 0.3) is 65.9 Å². The van der Waals surface area contributed by atoms with Crippen LogP contribution in [0.5, 0.6) is 0 Å². The van der Waals surface area contributed by atoms with Gasteiger partial charge < -0.3 is 9.13 Å². The standard InChI is InChI=1S/C33H26N2/c1-21-16-24(22-13-15-32-29(19-22)27-9-5-7-11-31(27)34(32)2)18-25(17-21)23-12-14-28-26-8-4-6-10-30(26)35(3)33(28)20-23/h4-20H,1-3H3. The quantitative estimate of drug-likeness (QED) is 0.249. The van der Waals surface area contributed by atoms with Crippen molar-refractivity contribution in [3.05, 3.63) is 109 Å². The van der Waals surface area contributed by atoms with Crippen LogP contribution in [0.4, 0.5) is 0 Å². The van der Waals surface area contributed by atoms with Crippen molar-refractivity contribution in [2.24, 2.45) is 14.1 Å². The van der Waals surface area contributed by atoms with E-state index in [4.69, 9.17) is 0 Å². The van der Waals surface area contributed by atoms with E-state index in [1.54, 1.807) is 0 Å². The first-order valence-electron chi connectivity index (χ1n) is 12.2. The van der Waals surface area contributed by atoms with Gasteiger partial charge in [0.25, 0.3) is 0 Å². The van der Waals surface area contributed by atoms with Crippen LogP contribution in [-0.4, -0.2) is 9.13 Å². The van der Waals surface area contributed by atoms with Crippen molar-refractivity contribution in [1.29, 1.82) is 0 Å². The SMILES string of the molecule is Cc1cc(-c2ccc3c(c2)c2ccccc2n3C)cc(-c2ccc3c4ccccc4n(C)c3c2)c1. The molecule has 0 aliphatic heterocycles. The van der Waals surface area contributed by atoms with Gasteiger partial charge in [-0.2, -0.15) is 0 Å². The van der Waals surface area contributed by atoms with E-state index in [1.807, 2.05) is 0 Å². The highest BCUT2D eigenvalue weighted by atomic mass is 14.9. The summed E-state index contributed by atoms with van der Waals surface area (Å²) >= 11 is 0. The molecule has 7 rings (SSSR count). The van der Waals surface area contributed by atoms with Gasteiger partial charge in [-0.05, 0) is 71.1 Å². The number of aromatic nitrogens is 2. The molecule has 2 heteroatoms. The molecule has 2 nitrogen and oxygen atoms in total. The second-order valence-corrected chi connectivity index (χ2v) is 9.70. The van der Waals surface area contributed by atoms with Crippen molar-refractivity contribution < 1.29 is 0 Å². The highest BCUT2D eigenvalue weighted by Gasteiger charge is 2.12. The third-order valence-electron chi connectivity index (χ3n) is 7.57. The van der Waals surface area contributed by atoms with Crippen LogP contribution < -0.4 is 0 Å². The third kappa shape index (κ3) is 2.96. The Morgan fingerprint density at radius 3 is 1.63 bits per heavy atom. The van der Waals surface area contributed by atoms with Crippen molar-refractivity contribution >= 4 is 43.6 Å². The first-order valence-corrected chi connectivity index (χ1v) is 12.2. The Morgan fingerprint density at radius 1 is 0.400 bits per heavy atom. The van der Waals surface area contributed by atoms with Crippen LogP contribution in [0.15, 0.2) is 103 Å². The molecule has 0 aliphatic carbocycles. The fourth-order valence-electron chi connectivity index (χ4n) is 5.80. The molecule has 7 aromatic rings. The number of benzene rings is 5. The third-order valence-corrected chi connectivity index (χ3v) is 7.57. The lowest BCUT2D eigenvalue weighted by Gasteiger charge is -2.10. The highest BCUT2D eigenvalue weighted by molar-refractivity contribution is 6.10. The van der Waals surface area contributed by atoms with Crippen LogP contribution >= 0.6 is 0 Å². The molecule has 0 N–H and O–H groups in total. The summed E-state index contributed by atoms with van der Waals surface area (Å²) in [6.07, 6.45) is 0. The maximum atomic E-state index is 2.35. The van der Waals surface area contributed by atoms with E-state index >= 15 is 0 Å². The van der Waals surface area contributed by atoms with E-state index in [2.05, 4.69) is 133 Å². The van der Waals surface area contributed by atoms with E-state index in [-0.39, 0.29) is 0 Å². The Morgan fingerprint density at radius 2 is 0.914 bits per heavy atom. The van der Waals surface area contributed by atoms with Crippen LogP contribution in [0.3, 0.4) is 0 Å². The largest absolute Gasteiger partial charge is 0.344 e. The van der Waals surface area contributed by atoms with E-state index < -0.39 is 0 Å². The van der Waals surface area contributed by atoms with E-state index in [1.165, 1.54) is 71.4 Å². The van der Waals surface area contributed by atoms with Gasteiger partial charge in [0.15, 0.2) is 0 Å². The molecular formula is C33H26N2. The first-order chi connectivity index (χ1) is 17.1. The van der Waals surface area contributed by atoms with Gasteiger partial charge in [0.05, 0.1) is 0 Å². The Labute approximate surface area is 204 Å². The summed E-state index contributed by atoms with van der Waals surface area (Å²) in [6.45, 7) is 2.19. The van der Waals surface area contributed by atoms with Gasteiger partial charge in [-0.3, -0.25) is 0 Å². The highest BCUT2D eigenvalue weighted by Crippen LogP contribution is 2.36. The van der Waals surface area contributed by atoms with E-state index in [9.17, 15) is 0 Å². The zero-order chi connectivity index (χ0) is 23.7. The molecule has 0 saturated carbocycles. The maximum Gasteiger partial charge on any atom is 0.0494 e. The smallest absolute Gasteiger partial charge is 0.0494 e. The van der Waals surface area contributed by atoms with Gasteiger partial charge in [0, 0.05) is 57.7 Å². The van der Waals surface area contributed by atoms with Gasteiger partial charge in [-0.25, -0.2) is 0 Å². The summed E-state index contributed by atoms with van der Waals surface area (Å²) < 4.78 is 4.59. The molecule has 0 unspecified atom stereocenters. The topological polar surface area (TPSA) is 9.86 Å². The molecule has 2 heterocycles. The Kier molecular flexibility index (Phi) is 4.22. The van der Waals surface area contributed by atoms with E-state index in [0.29, 0.717) is 0 Å². The average molecular weight is 451 g/mol. The lowest BCUT2D eigenvalue weighted by atomic mass is 9.95. The second-order valence-electron chi connectivity index (χ2n) is 9.70.